The number of carbonyl (C=O) groups excluding carboxylic acids is 2. The smallest absolute Gasteiger partial charge is 0.341 e. The molecule has 1 aliphatic heterocycles. The SMILES string of the molecule is Cc1cc(CSc2ncccc2C(=O)OCC(=O)C(C#N)=C2N(C)c3ccccc3N2C)no1. The molecule has 0 N–H and O–H groups in total. The van der Waals surface area contributed by atoms with Gasteiger partial charge in [-0.2, -0.15) is 5.26 Å². The number of hydrogen-bond donors (Lipinski definition) is 0. The molecule has 172 valence electrons. The molecule has 0 aliphatic carbocycles. The standard InChI is InChI=1S/C24H21N5O4S/c1-15-11-16(27-33-15)14-34-22-17(7-6-10-26-22)24(31)32-13-21(30)18(12-25)23-28(2)19-8-4-5-9-20(19)29(23)3/h4-11H,13-14H2,1-3H3. The molecule has 3 heterocycles. The summed E-state index contributed by atoms with van der Waals surface area (Å²) in [7, 11) is 3.56. The minimum absolute atomic E-state index is 0.0869. The fraction of sp³-hybridized carbons (Fsp3) is 0.208. The predicted octanol–water partition coefficient (Wildman–Crippen LogP) is 3.72. The summed E-state index contributed by atoms with van der Waals surface area (Å²) in [5, 5.41) is 14.1. The van der Waals surface area contributed by atoms with Gasteiger partial charge in [-0.1, -0.05) is 29.1 Å². The van der Waals surface area contributed by atoms with E-state index in [-0.39, 0.29) is 11.1 Å². The van der Waals surface area contributed by atoms with Gasteiger partial charge < -0.3 is 19.1 Å². The number of para-hydroxylation sites is 2. The van der Waals surface area contributed by atoms with Crippen LogP contribution in [0.2, 0.25) is 0 Å². The maximum atomic E-state index is 12.9. The number of anilines is 2. The van der Waals surface area contributed by atoms with Gasteiger partial charge in [0.1, 0.15) is 28.2 Å². The molecule has 0 atom stereocenters. The zero-order valence-corrected chi connectivity index (χ0v) is 19.6. The van der Waals surface area contributed by atoms with E-state index in [0.717, 1.165) is 17.1 Å². The fourth-order valence-corrected chi connectivity index (χ4v) is 4.49. The van der Waals surface area contributed by atoms with E-state index >= 15 is 0 Å². The van der Waals surface area contributed by atoms with Crippen LogP contribution in [-0.4, -0.2) is 42.6 Å². The number of Topliss-reactive ketones (excluding diaryl/α,β-unsaturated/α-hetero) is 1. The molecule has 0 amide bonds. The molecule has 0 radical (unpaired) electrons. The van der Waals surface area contributed by atoms with Gasteiger partial charge in [-0.3, -0.25) is 4.79 Å². The number of thioether (sulfide) groups is 1. The number of pyridine rings is 1. The molecule has 3 aromatic rings. The molecule has 0 saturated heterocycles. The molecule has 0 unspecified atom stereocenters. The summed E-state index contributed by atoms with van der Waals surface area (Å²) in [5.41, 5.74) is 2.61. The average Bonchev–Trinajstić information content (AvgIpc) is 3.38. The number of aryl methyl sites for hydroxylation is 1. The number of fused-ring (bicyclic) bond motifs is 1. The Labute approximate surface area is 200 Å². The molecule has 1 aromatic carbocycles. The lowest BCUT2D eigenvalue weighted by Crippen LogP contribution is -2.28. The number of ketones is 1. The minimum Gasteiger partial charge on any atom is -0.454 e. The Morgan fingerprint density at radius 1 is 1.15 bits per heavy atom. The molecule has 0 fully saturated rings. The maximum Gasteiger partial charge on any atom is 0.341 e. The number of nitriles is 1. The van der Waals surface area contributed by atoms with E-state index in [2.05, 4.69) is 10.1 Å². The molecule has 2 aromatic heterocycles. The van der Waals surface area contributed by atoms with Crippen molar-refractivity contribution in [2.75, 3.05) is 30.5 Å². The summed E-state index contributed by atoms with van der Waals surface area (Å²) in [6.45, 7) is 1.23. The van der Waals surface area contributed by atoms with E-state index in [9.17, 15) is 14.9 Å². The van der Waals surface area contributed by atoms with Crippen LogP contribution in [0.4, 0.5) is 11.4 Å². The first kappa shape index (κ1) is 23.1. The van der Waals surface area contributed by atoms with E-state index in [1.165, 1.54) is 11.8 Å². The van der Waals surface area contributed by atoms with Crippen LogP contribution in [0.5, 0.6) is 0 Å². The number of hydrogen-bond acceptors (Lipinski definition) is 10. The third-order valence-corrected chi connectivity index (χ3v) is 6.25. The summed E-state index contributed by atoms with van der Waals surface area (Å²) >= 11 is 1.31. The van der Waals surface area contributed by atoms with Crippen LogP contribution in [-0.2, 0) is 15.3 Å². The van der Waals surface area contributed by atoms with Gasteiger partial charge in [0.15, 0.2) is 6.61 Å². The first-order valence-electron chi connectivity index (χ1n) is 10.3. The Balaban J connectivity index is 1.47. The predicted molar refractivity (Wildman–Crippen MR) is 126 cm³/mol. The van der Waals surface area contributed by atoms with E-state index < -0.39 is 18.4 Å². The van der Waals surface area contributed by atoms with Gasteiger partial charge in [0.05, 0.1) is 22.6 Å². The summed E-state index contributed by atoms with van der Waals surface area (Å²) in [4.78, 5) is 33.4. The monoisotopic (exact) mass is 475 g/mol. The van der Waals surface area contributed by atoms with Gasteiger partial charge in [0, 0.05) is 32.1 Å². The molecule has 34 heavy (non-hydrogen) atoms. The lowest BCUT2D eigenvalue weighted by molar-refractivity contribution is -0.118. The van der Waals surface area contributed by atoms with E-state index in [1.807, 2.05) is 30.3 Å². The number of carbonyl (C=O) groups is 2. The number of benzene rings is 1. The highest BCUT2D eigenvalue weighted by molar-refractivity contribution is 7.98. The summed E-state index contributed by atoms with van der Waals surface area (Å²) in [6, 6.07) is 14.6. The largest absolute Gasteiger partial charge is 0.454 e. The summed E-state index contributed by atoms with van der Waals surface area (Å²) in [5.74, 6) is 0.300. The Kier molecular flexibility index (Phi) is 6.65. The molecule has 9 nitrogen and oxygen atoms in total. The van der Waals surface area contributed by atoms with Gasteiger partial charge in [0.2, 0.25) is 5.78 Å². The second kappa shape index (κ2) is 9.80. The Hall–Kier alpha value is -4.10. The van der Waals surface area contributed by atoms with Crippen molar-refractivity contribution in [1.29, 1.82) is 5.26 Å². The number of esters is 1. The molecular formula is C24H21N5O4S. The highest BCUT2D eigenvalue weighted by Crippen LogP contribution is 2.40. The second-order valence-corrected chi connectivity index (χ2v) is 8.45. The quantitative estimate of drug-likeness (QED) is 0.217. The van der Waals surface area contributed by atoms with E-state index in [4.69, 9.17) is 9.26 Å². The van der Waals surface area contributed by atoms with Crippen LogP contribution in [0.15, 0.2) is 69.6 Å². The van der Waals surface area contributed by atoms with Crippen LogP contribution in [0.25, 0.3) is 0 Å². The summed E-state index contributed by atoms with van der Waals surface area (Å²) < 4.78 is 10.3. The van der Waals surface area contributed by atoms with Gasteiger partial charge in [-0.25, -0.2) is 9.78 Å². The Morgan fingerprint density at radius 2 is 1.85 bits per heavy atom. The van der Waals surface area contributed by atoms with E-state index in [1.54, 1.807) is 55.2 Å². The lowest BCUT2D eigenvalue weighted by Gasteiger charge is -2.19. The summed E-state index contributed by atoms with van der Waals surface area (Å²) in [6.07, 6.45) is 1.57. The normalized spacial score (nSPS) is 12.4. The highest BCUT2D eigenvalue weighted by atomic mass is 32.2. The van der Waals surface area contributed by atoms with Gasteiger partial charge in [-0.15, -0.1) is 0 Å². The lowest BCUT2D eigenvalue weighted by atomic mass is 10.2. The van der Waals surface area contributed by atoms with Crippen LogP contribution >= 0.6 is 11.8 Å². The maximum absolute atomic E-state index is 12.9. The van der Waals surface area contributed by atoms with Crippen molar-refractivity contribution < 1.29 is 18.8 Å². The zero-order chi connectivity index (χ0) is 24.2. The fourth-order valence-electron chi connectivity index (χ4n) is 3.63. The van der Waals surface area contributed by atoms with Crippen LogP contribution in [0.1, 0.15) is 21.8 Å². The Bertz CT molecular complexity index is 1300. The van der Waals surface area contributed by atoms with Gasteiger partial charge >= 0.3 is 5.97 Å². The number of nitrogens with zero attached hydrogens (tertiary/aromatic N) is 5. The molecule has 4 rings (SSSR count). The molecular weight excluding hydrogens is 454 g/mol. The first-order chi connectivity index (χ1) is 16.4. The second-order valence-electron chi connectivity index (χ2n) is 7.49. The first-order valence-corrected chi connectivity index (χ1v) is 11.3. The van der Waals surface area contributed by atoms with Crippen molar-refractivity contribution in [2.24, 2.45) is 0 Å². The van der Waals surface area contributed by atoms with Crippen molar-refractivity contribution in [3.8, 4) is 6.07 Å². The average molecular weight is 476 g/mol. The van der Waals surface area contributed by atoms with Crippen molar-refractivity contribution in [3.05, 3.63) is 77.1 Å². The van der Waals surface area contributed by atoms with Crippen LogP contribution in [0, 0.1) is 18.3 Å². The topological polar surface area (TPSA) is 113 Å². The van der Waals surface area contributed by atoms with Crippen molar-refractivity contribution in [1.82, 2.24) is 10.1 Å². The highest BCUT2D eigenvalue weighted by Gasteiger charge is 2.31. The van der Waals surface area contributed by atoms with Gasteiger partial charge in [-0.05, 0) is 31.2 Å². The minimum atomic E-state index is -0.695. The van der Waals surface area contributed by atoms with E-state index in [0.29, 0.717) is 22.4 Å². The number of aromatic nitrogens is 2. The van der Waals surface area contributed by atoms with Crippen molar-refractivity contribution >= 4 is 34.9 Å². The molecule has 0 bridgehead atoms. The Morgan fingerprint density at radius 3 is 2.47 bits per heavy atom. The molecule has 0 saturated carbocycles. The molecule has 0 spiro atoms. The molecule has 10 heteroatoms. The van der Waals surface area contributed by atoms with Crippen molar-refractivity contribution in [3.63, 3.8) is 0 Å². The van der Waals surface area contributed by atoms with Gasteiger partial charge in [0.25, 0.3) is 0 Å². The molecule has 1 aliphatic rings. The van der Waals surface area contributed by atoms with Crippen LogP contribution < -0.4 is 9.80 Å². The number of rotatable bonds is 7. The zero-order valence-electron chi connectivity index (χ0n) is 18.8. The van der Waals surface area contributed by atoms with Crippen LogP contribution in [0.3, 0.4) is 0 Å². The number of ether oxygens (including phenoxy) is 1. The van der Waals surface area contributed by atoms with Crippen molar-refractivity contribution in [2.45, 2.75) is 17.7 Å². The third kappa shape index (κ3) is 4.51. The third-order valence-electron chi connectivity index (χ3n) is 5.21.